The second kappa shape index (κ2) is 9.76. The monoisotopic (exact) mass is 449 g/mol. The number of nitrogens with zero attached hydrogens (tertiary/aromatic N) is 5. The SMILES string of the molecule is Cc1nnc(NC(=O)[C@H](C)Sc2nnc(CCNC(=O)c3ccccc3F)n2C)s1. The van der Waals surface area contributed by atoms with Crippen molar-refractivity contribution in [2.24, 2.45) is 7.05 Å². The number of carbonyl (C=O) groups excluding carboxylic acids is 2. The van der Waals surface area contributed by atoms with Crippen molar-refractivity contribution in [2.75, 3.05) is 11.9 Å². The Kier molecular flexibility index (Phi) is 7.11. The molecular weight excluding hydrogens is 429 g/mol. The van der Waals surface area contributed by atoms with Crippen LogP contribution >= 0.6 is 23.1 Å². The van der Waals surface area contributed by atoms with Gasteiger partial charge in [-0.05, 0) is 26.0 Å². The summed E-state index contributed by atoms with van der Waals surface area (Å²) in [6.45, 7) is 3.85. The lowest BCUT2D eigenvalue weighted by molar-refractivity contribution is -0.115. The van der Waals surface area contributed by atoms with Crippen LogP contribution < -0.4 is 10.6 Å². The lowest BCUT2D eigenvalue weighted by atomic mass is 10.2. The molecular formula is C18H20FN7O2S2. The third-order valence-corrected chi connectivity index (χ3v) is 5.97. The van der Waals surface area contributed by atoms with Crippen LogP contribution in [0.15, 0.2) is 29.4 Å². The van der Waals surface area contributed by atoms with E-state index in [0.29, 0.717) is 22.5 Å². The number of thioether (sulfide) groups is 1. The van der Waals surface area contributed by atoms with Crippen LogP contribution in [0.1, 0.15) is 28.1 Å². The van der Waals surface area contributed by atoms with E-state index in [4.69, 9.17) is 0 Å². The van der Waals surface area contributed by atoms with E-state index in [-0.39, 0.29) is 18.0 Å². The smallest absolute Gasteiger partial charge is 0.254 e. The summed E-state index contributed by atoms with van der Waals surface area (Å²) in [7, 11) is 1.79. The first-order valence-corrected chi connectivity index (χ1v) is 10.7. The second-order valence-electron chi connectivity index (χ2n) is 6.32. The van der Waals surface area contributed by atoms with Gasteiger partial charge in [-0.3, -0.25) is 14.9 Å². The lowest BCUT2D eigenvalue weighted by Gasteiger charge is -2.10. The standard InChI is InChI=1S/C18H20FN7O2S2/c1-10(15(27)21-17-24-22-11(2)30-17)29-18-25-23-14(26(18)3)8-9-20-16(28)12-6-4-5-7-13(12)19/h4-7,10H,8-9H2,1-3H3,(H,20,28)(H,21,24,27)/t10-/m0/s1. The zero-order chi connectivity index (χ0) is 21.7. The number of hydrogen-bond donors (Lipinski definition) is 2. The van der Waals surface area contributed by atoms with Crippen molar-refractivity contribution in [2.45, 2.75) is 30.7 Å². The van der Waals surface area contributed by atoms with E-state index in [9.17, 15) is 14.0 Å². The molecule has 158 valence electrons. The zero-order valence-corrected chi connectivity index (χ0v) is 18.2. The Morgan fingerprint density at radius 3 is 2.70 bits per heavy atom. The summed E-state index contributed by atoms with van der Waals surface area (Å²) in [5, 5.41) is 22.7. The lowest BCUT2D eigenvalue weighted by Crippen LogP contribution is -2.27. The minimum absolute atomic E-state index is 0.00262. The Morgan fingerprint density at radius 1 is 1.23 bits per heavy atom. The molecule has 9 nitrogen and oxygen atoms in total. The van der Waals surface area contributed by atoms with Gasteiger partial charge in [0.15, 0.2) is 5.16 Å². The molecule has 0 saturated carbocycles. The molecule has 0 radical (unpaired) electrons. The fourth-order valence-electron chi connectivity index (χ4n) is 2.46. The number of amides is 2. The highest BCUT2D eigenvalue weighted by Crippen LogP contribution is 2.23. The van der Waals surface area contributed by atoms with E-state index in [0.717, 1.165) is 5.01 Å². The number of anilines is 1. The van der Waals surface area contributed by atoms with Crippen molar-refractivity contribution in [1.82, 2.24) is 30.3 Å². The number of hydrogen-bond acceptors (Lipinski definition) is 8. The van der Waals surface area contributed by atoms with E-state index in [2.05, 4.69) is 31.0 Å². The number of carbonyl (C=O) groups is 2. The first-order valence-electron chi connectivity index (χ1n) is 9.03. The van der Waals surface area contributed by atoms with Gasteiger partial charge in [0.2, 0.25) is 11.0 Å². The highest BCUT2D eigenvalue weighted by atomic mass is 32.2. The molecule has 1 aromatic carbocycles. The number of benzene rings is 1. The Bertz CT molecular complexity index is 1050. The van der Waals surface area contributed by atoms with Gasteiger partial charge in [-0.2, -0.15) is 0 Å². The number of nitrogens with one attached hydrogen (secondary N) is 2. The van der Waals surface area contributed by atoms with Crippen molar-refractivity contribution < 1.29 is 14.0 Å². The average molecular weight is 450 g/mol. The zero-order valence-electron chi connectivity index (χ0n) is 16.5. The second-order valence-corrected chi connectivity index (χ2v) is 8.81. The quantitative estimate of drug-likeness (QED) is 0.507. The molecule has 0 fully saturated rings. The number of rotatable bonds is 8. The fraction of sp³-hybridized carbons (Fsp3) is 0.333. The van der Waals surface area contributed by atoms with Gasteiger partial charge in [-0.1, -0.05) is 35.2 Å². The minimum Gasteiger partial charge on any atom is -0.351 e. The molecule has 0 bridgehead atoms. The van der Waals surface area contributed by atoms with E-state index in [1.54, 1.807) is 24.6 Å². The van der Waals surface area contributed by atoms with E-state index in [1.807, 2.05) is 6.92 Å². The van der Waals surface area contributed by atoms with Crippen LogP contribution in [0.4, 0.5) is 9.52 Å². The molecule has 12 heteroatoms. The molecule has 30 heavy (non-hydrogen) atoms. The maximum absolute atomic E-state index is 13.7. The predicted octanol–water partition coefficient (Wildman–Crippen LogP) is 2.21. The molecule has 3 rings (SSSR count). The van der Waals surface area contributed by atoms with Crippen LogP contribution in [0.3, 0.4) is 0 Å². The molecule has 1 atom stereocenters. The summed E-state index contributed by atoms with van der Waals surface area (Å²) >= 11 is 2.56. The summed E-state index contributed by atoms with van der Waals surface area (Å²) in [6, 6.07) is 5.80. The van der Waals surface area contributed by atoms with Crippen LogP contribution in [-0.2, 0) is 18.3 Å². The molecule has 0 unspecified atom stereocenters. The summed E-state index contributed by atoms with van der Waals surface area (Å²) < 4.78 is 15.4. The molecule has 0 spiro atoms. The van der Waals surface area contributed by atoms with Crippen LogP contribution in [0.25, 0.3) is 0 Å². The summed E-state index contributed by atoms with van der Waals surface area (Å²) in [5.41, 5.74) is -0.00262. The molecule has 2 heterocycles. The van der Waals surface area contributed by atoms with Crippen LogP contribution in [-0.4, -0.2) is 48.6 Å². The Morgan fingerprint density at radius 2 is 2.00 bits per heavy atom. The van der Waals surface area contributed by atoms with Gasteiger partial charge >= 0.3 is 0 Å². The normalized spacial score (nSPS) is 11.9. The van der Waals surface area contributed by atoms with Gasteiger partial charge in [-0.25, -0.2) is 4.39 Å². The Hall–Kier alpha value is -2.86. The number of aromatic nitrogens is 5. The van der Waals surface area contributed by atoms with Gasteiger partial charge in [0, 0.05) is 20.0 Å². The number of aryl methyl sites for hydroxylation is 1. The third-order valence-electron chi connectivity index (χ3n) is 4.09. The van der Waals surface area contributed by atoms with Gasteiger partial charge in [0.1, 0.15) is 16.6 Å². The van der Waals surface area contributed by atoms with Crippen molar-refractivity contribution in [3.8, 4) is 0 Å². The molecule has 0 aliphatic heterocycles. The molecule has 3 aromatic rings. The van der Waals surface area contributed by atoms with Gasteiger partial charge in [0.05, 0.1) is 10.8 Å². The molecule has 2 amide bonds. The predicted molar refractivity (Wildman–Crippen MR) is 112 cm³/mol. The highest BCUT2D eigenvalue weighted by molar-refractivity contribution is 8.00. The van der Waals surface area contributed by atoms with Crippen LogP contribution in [0.2, 0.25) is 0 Å². The van der Waals surface area contributed by atoms with Gasteiger partial charge in [0.25, 0.3) is 5.91 Å². The van der Waals surface area contributed by atoms with Crippen molar-refractivity contribution >= 4 is 40.0 Å². The third kappa shape index (κ3) is 5.39. The molecule has 0 aliphatic rings. The molecule has 2 N–H and O–H groups in total. The van der Waals surface area contributed by atoms with Gasteiger partial charge < -0.3 is 9.88 Å². The number of halogens is 1. The van der Waals surface area contributed by atoms with E-state index < -0.39 is 17.0 Å². The van der Waals surface area contributed by atoms with Crippen molar-refractivity contribution in [3.63, 3.8) is 0 Å². The fourth-order valence-corrected chi connectivity index (χ4v) is 3.89. The van der Waals surface area contributed by atoms with E-state index in [1.165, 1.54) is 41.3 Å². The maximum Gasteiger partial charge on any atom is 0.254 e. The molecule has 0 aliphatic carbocycles. The van der Waals surface area contributed by atoms with Gasteiger partial charge in [-0.15, -0.1) is 20.4 Å². The first kappa shape index (κ1) is 21.8. The van der Waals surface area contributed by atoms with Crippen molar-refractivity contribution in [1.29, 1.82) is 0 Å². The average Bonchev–Trinajstić information content (AvgIpc) is 3.28. The largest absolute Gasteiger partial charge is 0.351 e. The Balaban J connectivity index is 1.52. The maximum atomic E-state index is 13.7. The summed E-state index contributed by atoms with van der Waals surface area (Å²) in [5.74, 6) is -0.623. The van der Waals surface area contributed by atoms with Crippen LogP contribution in [0, 0.1) is 12.7 Å². The van der Waals surface area contributed by atoms with Crippen molar-refractivity contribution in [3.05, 3.63) is 46.5 Å². The van der Waals surface area contributed by atoms with Crippen LogP contribution in [0.5, 0.6) is 0 Å². The minimum atomic E-state index is -0.566. The Labute approximate surface area is 180 Å². The molecule has 0 saturated heterocycles. The summed E-state index contributed by atoms with van der Waals surface area (Å²) in [4.78, 5) is 24.4. The highest BCUT2D eigenvalue weighted by Gasteiger charge is 2.20. The van der Waals surface area contributed by atoms with E-state index >= 15 is 0 Å². The summed E-state index contributed by atoms with van der Waals surface area (Å²) in [6.07, 6.45) is 0.412. The first-order chi connectivity index (χ1) is 14.3. The topological polar surface area (TPSA) is 115 Å². The molecule has 2 aromatic heterocycles.